The van der Waals surface area contributed by atoms with Gasteiger partial charge in [0.1, 0.15) is 10.7 Å². The van der Waals surface area contributed by atoms with Crippen LogP contribution in [0.4, 0.5) is 10.1 Å². The summed E-state index contributed by atoms with van der Waals surface area (Å²) in [4.78, 5) is -0.258. The maximum atomic E-state index is 13.0. The second-order valence-corrected chi connectivity index (χ2v) is 5.55. The number of sulfonamides is 1. The van der Waals surface area contributed by atoms with Crippen LogP contribution in [0, 0.1) is 5.82 Å². The molecule has 0 radical (unpaired) electrons. The summed E-state index contributed by atoms with van der Waals surface area (Å²) in [7, 11) is -3.84. The summed E-state index contributed by atoms with van der Waals surface area (Å²) in [5, 5.41) is 0. The maximum absolute atomic E-state index is 13.0. The number of hydrogen-bond acceptors (Lipinski definition) is 4. The predicted molar refractivity (Wildman–Crippen MR) is 67.1 cm³/mol. The minimum Gasteiger partial charge on any atom is -0.398 e. The van der Waals surface area contributed by atoms with Crippen molar-refractivity contribution >= 4 is 15.7 Å². The van der Waals surface area contributed by atoms with E-state index in [0.29, 0.717) is 6.61 Å². The van der Waals surface area contributed by atoms with E-state index >= 15 is 0 Å². The van der Waals surface area contributed by atoms with Crippen LogP contribution in [-0.4, -0.2) is 27.7 Å². The summed E-state index contributed by atoms with van der Waals surface area (Å²) < 4.78 is 44.5. The summed E-state index contributed by atoms with van der Waals surface area (Å²) in [6.45, 7) is 4.20. The van der Waals surface area contributed by atoms with Crippen molar-refractivity contribution in [3.05, 3.63) is 24.0 Å². The van der Waals surface area contributed by atoms with E-state index in [1.165, 1.54) is 6.07 Å². The van der Waals surface area contributed by atoms with Crippen molar-refractivity contribution in [2.45, 2.75) is 24.8 Å². The van der Waals surface area contributed by atoms with Gasteiger partial charge in [0.25, 0.3) is 0 Å². The van der Waals surface area contributed by atoms with Gasteiger partial charge in [-0.25, -0.2) is 17.5 Å². The van der Waals surface area contributed by atoms with Crippen LogP contribution in [0.2, 0.25) is 0 Å². The summed E-state index contributed by atoms with van der Waals surface area (Å²) >= 11 is 0. The zero-order chi connectivity index (χ0) is 13.8. The van der Waals surface area contributed by atoms with Crippen molar-refractivity contribution in [1.82, 2.24) is 4.72 Å². The van der Waals surface area contributed by atoms with Gasteiger partial charge in [-0.2, -0.15) is 0 Å². The molecule has 1 rings (SSSR count). The number of benzene rings is 1. The van der Waals surface area contributed by atoms with Gasteiger partial charge in [-0.3, -0.25) is 0 Å². The Hall–Kier alpha value is -1.18. The molecule has 0 bridgehead atoms. The molecule has 7 heteroatoms. The van der Waals surface area contributed by atoms with Crippen LogP contribution in [0.1, 0.15) is 13.8 Å². The van der Waals surface area contributed by atoms with E-state index in [1.807, 2.05) is 6.92 Å². The molecular weight excluding hydrogens is 259 g/mol. The molecule has 0 saturated heterocycles. The molecule has 1 unspecified atom stereocenters. The highest BCUT2D eigenvalue weighted by atomic mass is 32.2. The van der Waals surface area contributed by atoms with Crippen LogP contribution < -0.4 is 10.5 Å². The van der Waals surface area contributed by atoms with Gasteiger partial charge >= 0.3 is 0 Å². The Labute approximate surface area is 106 Å². The molecule has 1 atom stereocenters. The summed E-state index contributed by atoms with van der Waals surface area (Å²) in [5.41, 5.74) is 5.54. The average molecular weight is 276 g/mol. The topological polar surface area (TPSA) is 81.4 Å². The van der Waals surface area contributed by atoms with Crippen LogP contribution in [0.5, 0.6) is 0 Å². The minimum absolute atomic E-state index is 0.00695. The summed E-state index contributed by atoms with van der Waals surface area (Å²) in [6.07, 6.45) is 0. The second-order valence-electron chi connectivity index (χ2n) is 3.86. The van der Waals surface area contributed by atoms with Gasteiger partial charge in [-0.15, -0.1) is 0 Å². The summed E-state index contributed by atoms with van der Waals surface area (Å²) in [5.74, 6) is -0.651. The Bertz CT molecular complexity index is 505. The average Bonchev–Trinajstić information content (AvgIpc) is 2.29. The fraction of sp³-hybridized carbons (Fsp3) is 0.455. The Morgan fingerprint density at radius 3 is 2.78 bits per heavy atom. The van der Waals surface area contributed by atoms with E-state index in [2.05, 4.69) is 4.72 Å². The lowest BCUT2D eigenvalue weighted by molar-refractivity contribution is 0.133. The molecule has 0 fully saturated rings. The van der Waals surface area contributed by atoms with Gasteiger partial charge in [-0.1, -0.05) is 0 Å². The Balaban J connectivity index is 2.89. The van der Waals surface area contributed by atoms with Gasteiger partial charge in [0.05, 0.1) is 12.3 Å². The Kier molecular flexibility index (Phi) is 5.06. The van der Waals surface area contributed by atoms with E-state index in [9.17, 15) is 12.8 Å². The van der Waals surface area contributed by atoms with Crippen molar-refractivity contribution in [3.8, 4) is 0 Å². The first kappa shape index (κ1) is 14.9. The SMILES string of the molecule is CCOCC(C)NS(=O)(=O)c1cc(F)ccc1N. The lowest BCUT2D eigenvalue weighted by Gasteiger charge is -2.15. The first-order valence-corrected chi connectivity index (χ1v) is 7.00. The van der Waals surface area contributed by atoms with Crippen molar-refractivity contribution in [1.29, 1.82) is 0 Å². The number of nitrogens with one attached hydrogen (secondary N) is 1. The fourth-order valence-corrected chi connectivity index (χ4v) is 2.77. The highest BCUT2D eigenvalue weighted by Crippen LogP contribution is 2.19. The largest absolute Gasteiger partial charge is 0.398 e. The van der Waals surface area contributed by atoms with Crippen molar-refractivity contribution in [2.75, 3.05) is 18.9 Å². The van der Waals surface area contributed by atoms with E-state index < -0.39 is 21.9 Å². The van der Waals surface area contributed by atoms with Crippen LogP contribution in [0.25, 0.3) is 0 Å². The molecule has 0 amide bonds. The van der Waals surface area contributed by atoms with Crippen molar-refractivity contribution in [2.24, 2.45) is 0 Å². The first-order valence-electron chi connectivity index (χ1n) is 5.52. The van der Waals surface area contributed by atoms with E-state index in [4.69, 9.17) is 10.5 Å². The molecule has 0 spiro atoms. The molecular formula is C11H17FN2O3S. The number of nitrogen functional groups attached to an aromatic ring is 1. The lowest BCUT2D eigenvalue weighted by Crippen LogP contribution is -2.36. The number of rotatable bonds is 6. The molecule has 1 aromatic carbocycles. The monoisotopic (exact) mass is 276 g/mol. The van der Waals surface area contributed by atoms with Crippen LogP contribution in [0.15, 0.2) is 23.1 Å². The molecule has 0 aliphatic rings. The summed E-state index contributed by atoms with van der Waals surface area (Å²) in [6, 6.07) is 2.80. The normalized spacial score (nSPS) is 13.5. The van der Waals surface area contributed by atoms with Gasteiger partial charge in [-0.05, 0) is 32.0 Å². The zero-order valence-corrected chi connectivity index (χ0v) is 11.1. The third-order valence-electron chi connectivity index (χ3n) is 2.19. The number of hydrogen-bond donors (Lipinski definition) is 2. The van der Waals surface area contributed by atoms with Gasteiger partial charge in [0.2, 0.25) is 10.0 Å². The number of anilines is 1. The third-order valence-corrected chi connectivity index (χ3v) is 3.84. The molecule has 0 aromatic heterocycles. The Morgan fingerprint density at radius 1 is 1.50 bits per heavy atom. The zero-order valence-electron chi connectivity index (χ0n) is 10.3. The molecule has 0 heterocycles. The van der Waals surface area contributed by atoms with Crippen molar-refractivity contribution < 1.29 is 17.5 Å². The predicted octanol–water partition coefficient (Wildman–Crippen LogP) is 1.11. The smallest absolute Gasteiger partial charge is 0.243 e. The molecule has 1 aromatic rings. The minimum atomic E-state index is -3.84. The molecule has 18 heavy (non-hydrogen) atoms. The standard InChI is InChI=1S/C11H17FN2O3S/c1-3-17-7-8(2)14-18(15,16)11-6-9(12)4-5-10(11)13/h4-6,8,14H,3,7,13H2,1-2H3. The van der Waals surface area contributed by atoms with Gasteiger partial charge in [0, 0.05) is 12.6 Å². The van der Waals surface area contributed by atoms with Crippen molar-refractivity contribution in [3.63, 3.8) is 0 Å². The Morgan fingerprint density at radius 2 is 2.17 bits per heavy atom. The third kappa shape index (κ3) is 3.94. The fourth-order valence-electron chi connectivity index (χ4n) is 1.40. The van der Waals surface area contributed by atoms with Crippen LogP contribution >= 0.6 is 0 Å². The van der Waals surface area contributed by atoms with E-state index in [0.717, 1.165) is 12.1 Å². The van der Waals surface area contributed by atoms with E-state index in [-0.39, 0.29) is 17.2 Å². The maximum Gasteiger partial charge on any atom is 0.243 e. The lowest BCUT2D eigenvalue weighted by atomic mass is 10.3. The van der Waals surface area contributed by atoms with Gasteiger partial charge in [0.15, 0.2) is 0 Å². The molecule has 0 aliphatic carbocycles. The van der Waals surface area contributed by atoms with Crippen LogP contribution in [0.3, 0.4) is 0 Å². The number of halogens is 1. The second kappa shape index (κ2) is 6.12. The highest BCUT2D eigenvalue weighted by molar-refractivity contribution is 7.89. The number of ether oxygens (including phenoxy) is 1. The van der Waals surface area contributed by atoms with E-state index in [1.54, 1.807) is 6.92 Å². The molecule has 102 valence electrons. The molecule has 3 N–H and O–H groups in total. The molecule has 0 saturated carbocycles. The molecule has 0 aliphatic heterocycles. The quantitative estimate of drug-likeness (QED) is 0.763. The van der Waals surface area contributed by atoms with Crippen LogP contribution in [-0.2, 0) is 14.8 Å². The van der Waals surface area contributed by atoms with Gasteiger partial charge < -0.3 is 10.5 Å². The molecule has 5 nitrogen and oxygen atoms in total. The number of nitrogens with two attached hydrogens (primary N) is 1. The highest BCUT2D eigenvalue weighted by Gasteiger charge is 2.20. The first-order chi connectivity index (χ1) is 8.36.